The van der Waals surface area contributed by atoms with Crippen molar-refractivity contribution in [1.82, 2.24) is 10.3 Å². The summed E-state index contributed by atoms with van der Waals surface area (Å²) >= 11 is 3.40. The van der Waals surface area contributed by atoms with Crippen molar-refractivity contribution < 1.29 is 0 Å². The first-order valence-electron chi connectivity index (χ1n) is 6.47. The molecule has 1 atom stereocenters. The van der Waals surface area contributed by atoms with E-state index in [4.69, 9.17) is 0 Å². The van der Waals surface area contributed by atoms with Crippen LogP contribution >= 0.6 is 15.9 Å². The van der Waals surface area contributed by atoms with E-state index in [0.29, 0.717) is 12.0 Å². The van der Waals surface area contributed by atoms with Crippen molar-refractivity contribution in [1.29, 1.82) is 0 Å². The summed E-state index contributed by atoms with van der Waals surface area (Å²) in [5.74, 6) is 0.702. The zero-order valence-corrected chi connectivity index (χ0v) is 12.6. The zero-order valence-electron chi connectivity index (χ0n) is 11.0. The van der Waals surface area contributed by atoms with Gasteiger partial charge in [0.1, 0.15) is 0 Å². The molecule has 0 saturated heterocycles. The number of nitrogens with one attached hydrogen (secondary N) is 1. The van der Waals surface area contributed by atoms with E-state index in [2.05, 4.69) is 59.1 Å². The molecule has 17 heavy (non-hydrogen) atoms. The Labute approximate surface area is 113 Å². The Morgan fingerprint density at radius 2 is 2.12 bits per heavy atom. The average molecular weight is 299 g/mol. The molecule has 1 aromatic rings. The fourth-order valence-electron chi connectivity index (χ4n) is 1.99. The quantitative estimate of drug-likeness (QED) is 0.828. The molecule has 0 aliphatic carbocycles. The third-order valence-corrected chi connectivity index (χ3v) is 3.48. The van der Waals surface area contributed by atoms with Crippen LogP contribution < -0.4 is 5.32 Å². The molecule has 0 aliphatic heterocycles. The number of halogens is 1. The van der Waals surface area contributed by atoms with Crippen LogP contribution in [0.3, 0.4) is 0 Å². The van der Waals surface area contributed by atoms with Gasteiger partial charge < -0.3 is 5.32 Å². The van der Waals surface area contributed by atoms with E-state index in [1.807, 2.05) is 6.20 Å². The van der Waals surface area contributed by atoms with E-state index >= 15 is 0 Å². The van der Waals surface area contributed by atoms with Gasteiger partial charge in [-0.05, 0) is 59.8 Å². The lowest BCUT2D eigenvalue weighted by Crippen LogP contribution is -2.33. The molecule has 1 aromatic heterocycles. The molecular formula is C14H23BrN2. The van der Waals surface area contributed by atoms with Crippen LogP contribution in [0, 0.1) is 5.92 Å². The highest BCUT2D eigenvalue weighted by molar-refractivity contribution is 9.10. The smallest absolute Gasteiger partial charge is 0.0413 e. The largest absolute Gasteiger partial charge is 0.314 e. The van der Waals surface area contributed by atoms with Gasteiger partial charge >= 0.3 is 0 Å². The van der Waals surface area contributed by atoms with Gasteiger partial charge in [-0.1, -0.05) is 20.8 Å². The lowest BCUT2D eigenvalue weighted by molar-refractivity contribution is 0.376. The summed E-state index contributed by atoms with van der Waals surface area (Å²) in [6.07, 6.45) is 5.37. The second-order valence-corrected chi connectivity index (χ2v) is 5.68. The number of hydrogen-bond acceptors (Lipinski definition) is 2. The van der Waals surface area contributed by atoms with Gasteiger partial charge in [0.05, 0.1) is 0 Å². The molecule has 0 saturated carbocycles. The molecule has 1 rings (SSSR count). The summed E-state index contributed by atoms with van der Waals surface area (Å²) in [6, 6.07) is 4.80. The molecule has 1 N–H and O–H groups in total. The minimum atomic E-state index is 0.635. The Balaban J connectivity index is 2.33. The van der Waals surface area contributed by atoms with Gasteiger partial charge in [-0.2, -0.15) is 0 Å². The minimum absolute atomic E-state index is 0.635. The SMILES string of the molecule is CCNC(CCCc1ccc(Br)cn1)C(C)C. The van der Waals surface area contributed by atoms with Crippen molar-refractivity contribution in [2.45, 2.75) is 46.1 Å². The van der Waals surface area contributed by atoms with Crippen molar-refractivity contribution in [3.05, 3.63) is 28.5 Å². The number of rotatable bonds is 7. The maximum atomic E-state index is 4.40. The van der Waals surface area contributed by atoms with Gasteiger partial charge in [-0.3, -0.25) is 4.98 Å². The molecule has 0 spiro atoms. The first-order valence-corrected chi connectivity index (χ1v) is 7.26. The fraction of sp³-hybridized carbons (Fsp3) is 0.643. The molecule has 0 amide bonds. The van der Waals surface area contributed by atoms with Crippen LogP contribution in [-0.4, -0.2) is 17.6 Å². The molecule has 0 aliphatic rings. The van der Waals surface area contributed by atoms with Crippen molar-refractivity contribution >= 4 is 15.9 Å². The Morgan fingerprint density at radius 1 is 1.35 bits per heavy atom. The zero-order chi connectivity index (χ0) is 12.7. The van der Waals surface area contributed by atoms with Crippen LogP contribution in [0.4, 0.5) is 0 Å². The molecule has 0 aromatic carbocycles. The Kier molecular flexibility index (Phi) is 6.75. The van der Waals surface area contributed by atoms with Gasteiger partial charge in [-0.25, -0.2) is 0 Å². The van der Waals surface area contributed by atoms with E-state index in [0.717, 1.165) is 17.4 Å². The molecule has 96 valence electrons. The standard InChI is InChI=1S/C14H23BrN2/c1-4-16-14(11(2)3)7-5-6-13-9-8-12(15)10-17-13/h8-11,14,16H,4-7H2,1-3H3. The third-order valence-electron chi connectivity index (χ3n) is 3.01. The first kappa shape index (κ1) is 14.7. The van der Waals surface area contributed by atoms with Crippen molar-refractivity contribution in [2.75, 3.05) is 6.54 Å². The molecule has 0 fully saturated rings. The molecule has 2 nitrogen and oxygen atoms in total. The van der Waals surface area contributed by atoms with E-state index in [1.54, 1.807) is 0 Å². The molecule has 0 radical (unpaired) electrons. The van der Waals surface area contributed by atoms with Gasteiger partial charge in [0, 0.05) is 22.4 Å². The monoisotopic (exact) mass is 298 g/mol. The maximum Gasteiger partial charge on any atom is 0.0413 e. The lowest BCUT2D eigenvalue weighted by Gasteiger charge is -2.21. The van der Waals surface area contributed by atoms with Gasteiger partial charge in [0.25, 0.3) is 0 Å². The van der Waals surface area contributed by atoms with Gasteiger partial charge in [-0.15, -0.1) is 0 Å². The van der Waals surface area contributed by atoms with Crippen LogP contribution in [0.1, 0.15) is 39.3 Å². The fourth-order valence-corrected chi connectivity index (χ4v) is 2.23. The van der Waals surface area contributed by atoms with Crippen LogP contribution in [0.15, 0.2) is 22.8 Å². The summed E-state index contributed by atoms with van der Waals surface area (Å²) in [4.78, 5) is 4.40. The number of pyridine rings is 1. The number of nitrogens with zero attached hydrogens (tertiary/aromatic N) is 1. The van der Waals surface area contributed by atoms with Crippen LogP contribution in [0.5, 0.6) is 0 Å². The summed E-state index contributed by atoms with van der Waals surface area (Å²) in [7, 11) is 0. The second kappa shape index (κ2) is 7.83. The summed E-state index contributed by atoms with van der Waals surface area (Å²) in [6.45, 7) is 7.79. The maximum absolute atomic E-state index is 4.40. The van der Waals surface area contributed by atoms with Crippen LogP contribution in [0.25, 0.3) is 0 Å². The normalized spacial score (nSPS) is 13.0. The van der Waals surface area contributed by atoms with Crippen LogP contribution in [-0.2, 0) is 6.42 Å². The number of aromatic nitrogens is 1. The highest BCUT2D eigenvalue weighted by atomic mass is 79.9. The molecular weight excluding hydrogens is 276 g/mol. The second-order valence-electron chi connectivity index (χ2n) is 4.77. The van der Waals surface area contributed by atoms with Crippen molar-refractivity contribution in [3.8, 4) is 0 Å². The topological polar surface area (TPSA) is 24.9 Å². The summed E-state index contributed by atoms with van der Waals surface area (Å²) in [5, 5.41) is 3.55. The van der Waals surface area contributed by atoms with E-state index in [-0.39, 0.29) is 0 Å². The molecule has 0 bridgehead atoms. The van der Waals surface area contributed by atoms with Crippen LogP contribution in [0.2, 0.25) is 0 Å². The Morgan fingerprint density at radius 3 is 2.65 bits per heavy atom. The Bertz CT molecular complexity index is 309. The molecule has 1 heterocycles. The molecule has 3 heteroatoms. The molecule has 1 unspecified atom stereocenters. The Hall–Kier alpha value is -0.410. The van der Waals surface area contributed by atoms with Crippen molar-refractivity contribution in [2.24, 2.45) is 5.92 Å². The summed E-state index contributed by atoms with van der Waals surface area (Å²) < 4.78 is 1.05. The minimum Gasteiger partial charge on any atom is -0.314 e. The predicted octanol–water partition coefficient (Wildman–Crippen LogP) is 3.80. The number of hydrogen-bond donors (Lipinski definition) is 1. The highest BCUT2D eigenvalue weighted by Gasteiger charge is 2.11. The lowest BCUT2D eigenvalue weighted by atomic mass is 9.98. The third kappa shape index (κ3) is 5.64. The van der Waals surface area contributed by atoms with E-state index in [1.165, 1.54) is 18.5 Å². The van der Waals surface area contributed by atoms with Crippen molar-refractivity contribution in [3.63, 3.8) is 0 Å². The predicted molar refractivity (Wildman–Crippen MR) is 77.2 cm³/mol. The highest BCUT2D eigenvalue weighted by Crippen LogP contribution is 2.12. The first-order chi connectivity index (χ1) is 8.13. The average Bonchev–Trinajstić information content (AvgIpc) is 2.30. The summed E-state index contributed by atoms with van der Waals surface area (Å²) in [5.41, 5.74) is 1.19. The van der Waals surface area contributed by atoms with Gasteiger partial charge in [0.2, 0.25) is 0 Å². The van der Waals surface area contributed by atoms with E-state index in [9.17, 15) is 0 Å². The van der Waals surface area contributed by atoms with Gasteiger partial charge in [0.15, 0.2) is 0 Å². The van der Waals surface area contributed by atoms with E-state index < -0.39 is 0 Å². The number of aryl methyl sites for hydroxylation is 1.